The van der Waals surface area contributed by atoms with Crippen LogP contribution >= 0.6 is 0 Å². The first-order chi connectivity index (χ1) is 7.88. The number of methoxy groups -OCH3 is 1. The van der Waals surface area contributed by atoms with Gasteiger partial charge in [-0.05, 0) is 12.1 Å². The lowest BCUT2D eigenvalue weighted by molar-refractivity contribution is 0.0596. The van der Waals surface area contributed by atoms with Gasteiger partial charge in [-0.15, -0.1) is 0 Å². The van der Waals surface area contributed by atoms with Gasteiger partial charge in [-0.25, -0.2) is 22.7 Å². The minimum atomic E-state index is -4.17. The molecule has 0 saturated carbocycles. The number of primary amides is 1. The smallest absolute Gasteiger partial charge is 0.339 e. The van der Waals surface area contributed by atoms with Crippen LogP contribution < -0.4 is 10.5 Å². The fraction of sp³-hybridized carbons (Fsp3) is 0.111. The molecule has 0 aliphatic carbocycles. The zero-order chi connectivity index (χ0) is 13.1. The van der Waals surface area contributed by atoms with Crippen molar-refractivity contribution in [3.8, 4) is 0 Å². The van der Waals surface area contributed by atoms with E-state index in [-0.39, 0.29) is 10.5 Å². The first-order valence-electron chi connectivity index (χ1n) is 4.38. The molecule has 7 nitrogen and oxygen atoms in total. The van der Waals surface area contributed by atoms with Crippen molar-refractivity contribution < 1.29 is 22.7 Å². The van der Waals surface area contributed by atoms with Crippen molar-refractivity contribution in [1.82, 2.24) is 4.72 Å². The van der Waals surface area contributed by atoms with E-state index in [0.29, 0.717) is 0 Å². The van der Waals surface area contributed by atoms with Crippen molar-refractivity contribution in [2.24, 2.45) is 5.73 Å². The first-order valence-corrected chi connectivity index (χ1v) is 5.86. The molecule has 0 atom stereocenters. The number of urea groups is 1. The van der Waals surface area contributed by atoms with Gasteiger partial charge in [0.2, 0.25) is 0 Å². The van der Waals surface area contributed by atoms with Crippen LogP contribution in [-0.4, -0.2) is 27.5 Å². The number of nitrogens with two attached hydrogens (primary N) is 1. The maximum atomic E-state index is 11.7. The first kappa shape index (κ1) is 13.0. The van der Waals surface area contributed by atoms with E-state index >= 15 is 0 Å². The number of nitrogens with one attached hydrogen (secondary N) is 1. The zero-order valence-electron chi connectivity index (χ0n) is 8.84. The molecule has 1 aromatic rings. The Morgan fingerprint density at radius 3 is 2.41 bits per heavy atom. The Morgan fingerprint density at radius 2 is 1.88 bits per heavy atom. The van der Waals surface area contributed by atoms with Gasteiger partial charge in [-0.1, -0.05) is 12.1 Å². The number of esters is 1. The molecule has 92 valence electrons. The van der Waals surface area contributed by atoms with E-state index in [1.54, 1.807) is 4.72 Å². The van der Waals surface area contributed by atoms with Crippen LogP contribution in [0.4, 0.5) is 4.79 Å². The van der Waals surface area contributed by atoms with E-state index in [0.717, 1.165) is 13.2 Å². The van der Waals surface area contributed by atoms with Crippen LogP contribution in [0.3, 0.4) is 0 Å². The maximum Gasteiger partial charge on any atom is 0.339 e. The molecule has 0 aliphatic heterocycles. The number of amides is 2. The maximum absolute atomic E-state index is 11.7. The van der Waals surface area contributed by atoms with Crippen LogP contribution in [0.25, 0.3) is 0 Å². The van der Waals surface area contributed by atoms with Crippen LogP contribution in [0.1, 0.15) is 10.4 Å². The summed E-state index contributed by atoms with van der Waals surface area (Å²) in [5.41, 5.74) is 4.55. The van der Waals surface area contributed by atoms with Gasteiger partial charge in [-0.3, -0.25) is 0 Å². The summed E-state index contributed by atoms with van der Waals surface area (Å²) in [7, 11) is -3.05. The second kappa shape index (κ2) is 4.83. The third kappa shape index (κ3) is 2.94. The van der Waals surface area contributed by atoms with Crippen molar-refractivity contribution in [1.29, 1.82) is 0 Å². The molecule has 17 heavy (non-hydrogen) atoms. The summed E-state index contributed by atoms with van der Waals surface area (Å²) < 4.78 is 29.3. The summed E-state index contributed by atoms with van der Waals surface area (Å²) in [6, 6.07) is 4.07. The molecule has 3 N–H and O–H groups in total. The second-order valence-electron chi connectivity index (χ2n) is 2.96. The molecule has 0 saturated heterocycles. The lowest BCUT2D eigenvalue weighted by atomic mass is 10.2. The van der Waals surface area contributed by atoms with Gasteiger partial charge < -0.3 is 10.5 Å². The van der Waals surface area contributed by atoms with Crippen molar-refractivity contribution in [2.45, 2.75) is 4.90 Å². The lowest BCUT2D eigenvalue weighted by Gasteiger charge is -2.08. The van der Waals surface area contributed by atoms with Crippen LogP contribution in [0.2, 0.25) is 0 Å². The number of hydrogen-bond donors (Lipinski definition) is 2. The molecule has 8 heteroatoms. The summed E-state index contributed by atoms with van der Waals surface area (Å²) in [6.45, 7) is 0. The quantitative estimate of drug-likeness (QED) is 0.730. The summed E-state index contributed by atoms with van der Waals surface area (Å²) in [4.78, 5) is 21.5. The monoisotopic (exact) mass is 258 g/mol. The van der Waals surface area contributed by atoms with Crippen LogP contribution in [0.5, 0.6) is 0 Å². The van der Waals surface area contributed by atoms with Gasteiger partial charge in [0.15, 0.2) is 0 Å². The Morgan fingerprint density at radius 1 is 1.29 bits per heavy atom. The minimum absolute atomic E-state index is 0.177. The number of ether oxygens (including phenoxy) is 1. The number of carbonyl (C=O) groups is 2. The summed E-state index contributed by atoms with van der Waals surface area (Å²) in [5.74, 6) is -0.824. The Hall–Kier alpha value is -2.09. The van der Waals surface area contributed by atoms with E-state index in [9.17, 15) is 18.0 Å². The highest BCUT2D eigenvalue weighted by Gasteiger charge is 2.23. The molecule has 0 spiro atoms. The van der Waals surface area contributed by atoms with Crippen molar-refractivity contribution in [3.63, 3.8) is 0 Å². The molecule has 0 bridgehead atoms. The van der Waals surface area contributed by atoms with Gasteiger partial charge in [0.25, 0.3) is 10.0 Å². The predicted molar refractivity (Wildman–Crippen MR) is 57.7 cm³/mol. The fourth-order valence-electron chi connectivity index (χ4n) is 1.17. The average Bonchev–Trinajstić information content (AvgIpc) is 2.26. The third-order valence-electron chi connectivity index (χ3n) is 1.82. The Bertz CT molecular complexity index is 552. The normalized spacial score (nSPS) is 10.6. The van der Waals surface area contributed by atoms with E-state index in [2.05, 4.69) is 4.74 Å². The van der Waals surface area contributed by atoms with E-state index in [1.165, 1.54) is 18.2 Å². The van der Waals surface area contributed by atoms with Gasteiger partial charge in [0, 0.05) is 0 Å². The van der Waals surface area contributed by atoms with Crippen LogP contribution in [0.15, 0.2) is 29.2 Å². The third-order valence-corrected chi connectivity index (χ3v) is 3.22. The summed E-state index contributed by atoms with van der Waals surface area (Å²) in [5, 5.41) is 0. The number of sulfonamides is 1. The molecule has 0 aromatic heterocycles. The summed E-state index contributed by atoms with van der Waals surface area (Å²) in [6.07, 6.45) is 0. The molecule has 0 unspecified atom stereocenters. The highest BCUT2D eigenvalue weighted by Crippen LogP contribution is 2.15. The summed E-state index contributed by atoms with van der Waals surface area (Å²) >= 11 is 0. The van der Waals surface area contributed by atoms with Gasteiger partial charge in [-0.2, -0.15) is 0 Å². The highest BCUT2D eigenvalue weighted by atomic mass is 32.2. The molecular formula is C9H10N2O5S. The topological polar surface area (TPSA) is 116 Å². The standard InChI is InChI=1S/C9H10N2O5S/c1-16-8(12)6-4-2-3-5-7(6)17(14,15)11-9(10)13/h2-5H,1H3,(H3,10,11,13). The second-order valence-corrected chi connectivity index (χ2v) is 4.61. The molecule has 0 heterocycles. The Balaban J connectivity index is 3.32. The molecule has 1 aromatic carbocycles. The molecular weight excluding hydrogens is 248 g/mol. The Kier molecular flexibility index (Phi) is 3.69. The van der Waals surface area contributed by atoms with Gasteiger partial charge in [0.1, 0.15) is 4.90 Å². The highest BCUT2D eigenvalue weighted by molar-refractivity contribution is 7.90. The van der Waals surface area contributed by atoms with E-state index < -0.39 is 22.0 Å². The average molecular weight is 258 g/mol. The molecule has 0 radical (unpaired) electrons. The number of benzene rings is 1. The zero-order valence-corrected chi connectivity index (χ0v) is 9.65. The largest absolute Gasteiger partial charge is 0.465 e. The lowest BCUT2D eigenvalue weighted by Crippen LogP contribution is -2.35. The van der Waals surface area contributed by atoms with E-state index in [1.807, 2.05) is 0 Å². The van der Waals surface area contributed by atoms with Crippen molar-refractivity contribution in [3.05, 3.63) is 29.8 Å². The number of rotatable bonds is 3. The van der Waals surface area contributed by atoms with Gasteiger partial charge in [0.05, 0.1) is 12.7 Å². The van der Waals surface area contributed by atoms with Crippen molar-refractivity contribution >= 4 is 22.0 Å². The Labute approximate surface area is 97.6 Å². The number of hydrogen-bond acceptors (Lipinski definition) is 5. The predicted octanol–water partition coefficient (Wildman–Crippen LogP) is -0.170. The number of carbonyl (C=O) groups excluding carboxylic acids is 2. The van der Waals surface area contributed by atoms with Crippen molar-refractivity contribution in [2.75, 3.05) is 7.11 Å². The fourth-order valence-corrected chi connectivity index (χ4v) is 2.24. The molecule has 0 fully saturated rings. The SMILES string of the molecule is COC(=O)c1ccccc1S(=O)(=O)NC(N)=O. The molecule has 0 aliphatic rings. The van der Waals surface area contributed by atoms with Crippen LogP contribution in [0, 0.1) is 0 Å². The minimum Gasteiger partial charge on any atom is -0.465 e. The van der Waals surface area contributed by atoms with Crippen LogP contribution in [-0.2, 0) is 14.8 Å². The van der Waals surface area contributed by atoms with E-state index in [4.69, 9.17) is 5.73 Å². The molecule has 1 rings (SSSR count). The molecule has 2 amide bonds. The van der Waals surface area contributed by atoms with Gasteiger partial charge >= 0.3 is 12.0 Å².